The number of nitrogens with one attached hydrogen (secondary N) is 1. The third-order valence-electron chi connectivity index (χ3n) is 6.23. The van der Waals surface area contributed by atoms with E-state index in [1.807, 2.05) is 0 Å². The molecular weight excluding hydrogens is 390 g/mol. The van der Waals surface area contributed by atoms with E-state index < -0.39 is 0 Å². The highest BCUT2D eigenvalue weighted by Crippen LogP contribution is 2.18. The van der Waals surface area contributed by atoms with E-state index in [1.165, 1.54) is 18.4 Å². The fraction of sp³-hybridized carbons (Fsp3) is 0.667. The van der Waals surface area contributed by atoms with Gasteiger partial charge in [-0.25, -0.2) is 4.98 Å². The van der Waals surface area contributed by atoms with E-state index in [1.54, 1.807) is 0 Å². The summed E-state index contributed by atoms with van der Waals surface area (Å²) in [6.07, 6.45) is 11.3. The van der Waals surface area contributed by atoms with Crippen LogP contribution in [0, 0.1) is 6.92 Å². The van der Waals surface area contributed by atoms with Crippen LogP contribution in [0.25, 0.3) is 5.65 Å². The van der Waals surface area contributed by atoms with E-state index in [0.29, 0.717) is 12.2 Å². The van der Waals surface area contributed by atoms with Crippen molar-refractivity contribution in [2.75, 3.05) is 39.4 Å². The number of pyridine rings is 1. The summed E-state index contributed by atoms with van der Waals surface area (Å²) < 4.78 is 14.1. The van der Waals surface area contributed by atoms with Crippen molar-refractivity contribution in [3.63, 3.8) is 0 Å². The van der Waals surface area contributed by atoms with E-state index in [-0.39, 0.29) is 0 Å². The molecule has 4 heterocycles. The molecule has 0 radical (unpaired) electrons. The van der Waals surface area contributed by atoms with E-state index in [0.717, 1.165) is 82.4 Å². The topological polar surface area (TPSA) is 63.4 Å². The Morgan fingerprint density at radius 1 is 1.29 bits per heavy atom. The number of hydrogen-bond acceptors (Lipinski definition) is 4. The Morgan fingerprint density at radius 3 is 2.90 bits per heavy atom. The molecule has 2 aliphatic heterocycles. The zero-order valence-electron chi connectivity index (χ0n) is 19.1. The number of rotatable bonds is 7. The number of piperidine rings is 1. The predicted octanol–water partition coefficient (Wildman–Crippen LogP) is 3.20. The number of likely N-dealkylation sites (tertiary alicyclic amines) is 1. The van der Waals surface area contributed by atoms with Crippen molar-refractivity contribution >= 4 is 11.6 Å². The molecule has 1 unspecified atom stereocenters. The second-order valence-corrected chi connectivity index (χ2v) is 8.65. The molecule has 0 aliphatic carbocycles. The number of hydrogen-bond donors (Lipinski definition) is 1. The second-order valence-electron chi connectivity index (χ2n) is 8.65. The van der Waals surface area contributed by atoms with Gasteiger partial charge in [0, 0.05) is 51.6 Å². The number of aryl methyl sites for hydroxylation is 1. The highest BCUT2D eigenvalue weighted by molar-refractivity contribution is 5.80. The van der Waals surface area contributed by atoms with Crippen molar-refractivity contribution in [2.45, 2.75) is 64.6 Å². The van der Waals surface area contributed by atoms with Crippen LogP contribution in [0.2, 0.25) is 0 Å². The molecule has 0 spiro atoms. The third kappa shape index (κ3) is 5.98. The number of fused-ring (bicyclic) bond motifs is 1. The first-order valence-electron chi connectivity index (χ1n) is 11.9. The summed E-state index contributed by atoms with van der Waals surface area (Å²) in [7, 11) is 0. The lowest BCUT2D eigenvalue weighted by molar-refractivity contribution is -0.0721. The molecule has 2 aliphatic rings. The van der Waals surface area contributed by atoms with Gasteiger partial charge < -0.3 is 24.1 Å². The first-order valence-corrected chi connectivity index (χ1v) is 11.9. The Morgan fingerprint density at radius 2 is 2.16 bits per heavy atom. The highest BCUT2D eigenvalue weighted by atomic mass is 16.5. The molecule has 170 valence electrons. The molecule has 1 atom stereocenters. The number of aromatic nitrogens is 2. The van der Waals surface area contributed by atoms with Gasteiger partial charge in [-0.05, 0) is 57.6 Å². The van der Waals surface area contributed by atoms with Crippen LogP contribution in [-0.2, 0) is 15.9 Å². The first-order chi connectivity index (χ1) is 15.2. The van der Waals surface area contributed by atoms with Crippen molar-refractivity contribution in [3.8, 4) is 0 Å². The Kier molecular flexibility index (Phi) is 7.81. The smallest absolute Gasteiger partial charge is 0.193 e. The molecule has 7 heteroatoms. The maximum Gasteiger partial charge on any atom is 0.193 e. The molecule has 0 amide bonds. The summed E-state index contributed by atoms with van der Waals surface area (Å²) in [4.78, 5) is 12.0. The summed E-state index contributed by atoms with van der Waals surface area (Å²) in [5, 5.41) is 3.46. The van der Waals surface area contributed by atoms with Crippen molar-refractivity contribution in [2.24, 2.45) is 4.99 Å². The van der Waals surface area contributed by atoms with Gasteiger partial charge in [0.25, 0.3) is 0 Å². The molecule has 4 rings (SSSR count). The largest absolute Gasteiger partial charge is 0.376 e. The van der Waals surface area contributed by atoms with Crippen molar-refractivity contribution in [1.29, 1.82) is 0 Å². The zero-order chi connectivity index (χ0) is 21.5. The lowest BCUT2D eigenvalue weighted by Gasteiger charge is -2.35. The van der Waals surface area contributed by atoms with Gasteiger partial charge in [0.05, 0.1) is 24.5 Å². The van der Waals surface area contributed by atoms with Crippen LogP contribution in [-0.4, -0.2) is 71.8 Å². The van der Waals surface area contributed by atoms with E-state index >= 15 is 0 Å². The summed E-state index contributed by atoms with van der Waals surface area (Å²) in [6.45, 7) is 9.44. The summed E-state index contributed by atoms with van der Waals surface area (Å²) >= 11 is 0. The SMILES string of the molecule is CCNC(=NCCc1cn2cccc(C)c2n1)N1CCC(OCC2CCCCO2)CC1. The van der Waals surface area contributed by atoms with Crippen LogP contribution >= 0.6 is 0 Å². The Hall–Kier alpha value is -2.12. The van der Waals surface area contributed by atoms with Gasteiger partial charge in [-0.3, -0.25) is 4.99 Å². The molecule has 0 aromatic carbocycles. The molecule has 1 N–H and O–H groups in total. The molecular formula is C24H37N5O2. The van der Waals surface area contributed by atoms with Crippen LogP contribution in [0.5, 0.6) is 0 Å². The van der Waals surface area contributed by atoms with Gasteiger partial charge in [0.1, 0.15) is 5.65 Å². The van der Waals surface area contributed by atoms with Crippen LogP contribution in [0.1, 0.15) is 50.3 Å². The van der Waals surface area contributed by atoms with Gasteiger partial charge in [0.15, 0.2) is 5.96 Å². The quantitative estimate of drug-likeness (QED) is 0.543. The highest BCUT2D eigenvalue weighted by Gasteiger charge is 2.23. The average Bonchev–Trinajstić information content (AvgIpc) is 3.23. The minimum atomic E-state index is 0.300. The monoisotopic (exact) mass is 427 g/mol. The number of ether oxygens (including phenoxy) is 2. The number of guanidine groups is 1. The second kappa shape index (κ2) is 11.0. The van der Waals surface area contributed by atoms with E-state index in [9.17, 15) is 0 Å². The van der Waals surface area contributed by atoms with Gasteiger partial charge >= 0.3 is 0 Å². The lowest BCUT2D eigenvalue weighted by Crippen LogP contribution is -2.47. The Balaban J connectivity index is 1.26. The minimum Gasteiger partial charge on any atom is -0.376 e. The van der Waals surface area contributed by atoms with Crippen molar-refractivity contribution < 1.29 is 9.47 Å². The zero-order valence-corrected chi connectivity index (χ0v) is 19.1. The first kappa shape index (κ1) is 22.1. The third-order valence-corrected chi connectivity index (χ3v) is 6.23. The standard InChI is InChI=1S/C24H37N5O2/c1-3-25-24(26-12-9-20-17-29-13-6-7-19(2)23(29)27-20)28-14-10-21(11-15-28)31-18-22-8-4-5-16-30-22/h6-7,13,17,21-22H,3-5,8-12,14-16,18H2,1-2H3,(H,25,26). The van der Waals surface area contributed by atoms with Crippen LogP contribution in [0.3, 0.4) is 0 Å². The number of aliphatic imine (C=N–C) groups is 1. The van der Waals surface area contributed by atoms with Crippen molar-refractivity contribution in [3.05, 3.63) is 35.8 Å². The fourth-order valence-corrected chi connectivity index (χ4v) is 4.44. The molecule has 2 aromatic heterocycles. The van der Waals surface area contributed by atoms with Crippen LogP contribution < -0.4 is 5.32 Å². The summed E-state index contributed by atoms with van der Waals surface area (Å²) in [5.74, 6) is 1.01. The summed E-state index contributed by atoms with van der Waals surface area (Å²) in [5.41, 5.74) is 3.32. The fourth-order valence-electron chi connectivity index (χ4n) is 4.44. The summed E-state index contributed by atoms with van der Waals surface area (Å²) in [6, 6.07) is 4.16. The molecule has 7 nitrogen and oxygen atoms in total. The molecule has 2 aromatic rings. The van der Waals surface area contributed by atoms with E-state index in [4.69, 9.17) is 19.5 Å². The molecule has 2 saturated heterocycles. The normalized spacial score (nSPS) is 21.0. The van der Waals surface area contributed by atoms with Crippen LogP contribution in [0.4, 0.5) is 0 Å². The van der Waals surface area contributed by atoms with Gasteiger partial charge in [-0.1, -0.05) is 6.07 Å². The molecule has 2 fully saturated rings. The minimum absolute atomic E-state index is 0.300. The van der Waals surface area contributed by atoms with E-state index in [2.05, 4.69) is 53.0 Å². The van der Waals surface area contributed by atoms with Gasteiger partial charge in [-0.2, -0.15) is 0 Å². The number of nitrogens with zero attached hydrogens (tertiary/aromatic N) is 4. The maximum absolute atomic E-state index is 6.17. The number of imidazole rings is 1. The Labute approximate surface area is 185 Å². The van der Waals surface area contributed by atoms with Crippen LogP contribution in [0.15, 0.2) is 29.5 Å². The average molecular weight is 428 g/mol. The molecule has 31 heavy (non-hydrogen) atoms. The lowest BCUT2D eigenvalue weighted by atomic mass is 10.1. The predicted molar refractivity (Wildman–Crippen MR) is 124 cm³/mol. The Bertz CT molecular complexity index is 851. The van der Waals surface area contributed by atoms with Gasteiger partial charge in [-0.15, -0.1) is 0 Å². The maximum atomic E-state index is 6.17. The van der Waals surface area contributed by atoms with Crippen molar-refractivity contribution in [1.82, 2.24) is 19.6 Å². The molecule has 0 saturated carbocycles. The van der Waals surface area contributed by atoms with Gasteiger partial charge in [0.2, 0.25) is 0 Å². The molecule has 0 bridgehead atoms.